The lowest BCUT2D eigenvalue weighted by Crippen LogP contribution is -2.47. The number of hydrogen-bond acceptors (Lipinski definition) is 9. The summed E-state index contributed by atoms with van der Waals surface area (Å²) in [6, 6.07) is 0. The molecule has 0 spiro atoms. The Morgan fingerprint density at radius 1 is 1.11 bits per heavy atom. The summed E-state index contributed by atoms with van der Waals surface area (Å²) >= 11 is 0. The molecule has 2 aliphatic rings. The van der Waals surface area contributed by atoms with Crippen molar-refractivity contribution in [3.05, 3.63) is 23.9 Å². The van der Waals surface area contributed by atoms with Crippen molar-refractivity contribution >= 4 is 23.8 Å². The van der Waals surface area contributed by atoms with Gasteiger partial charge in [-0.15, -0.1) is 0 Å². The van der Waals surface area contributed by atoms with Gasteiger partial charge in [0.05, 0.1) is 6.54 Å². The van der Waals surface area contributed by atoms with Crippen LogP contribution in [-0.4, -0.2) is 66.4 Å². The first-order valence-corrected chi connectivity index (χ1v) is 8.25. The molecule has 0 saturated carbocycles. The maximum absolute atomic E-state index is 11.6. The van der Waals surface area contributed by atoms with Crippen LogP contribution in [0.3, 0.4) is 0 Å². The molecule has 148 valence electrons. The number of ether oxygens (including phenoxy) is 4. The molecule has 10 heteroatoms. The van der Waals surface area contributed by atoms with E-state index in [-0.39, 0.29) is 13.2 Å². The van der Waals surface area contributed by atoms with E-state index in [9.17, 15) is 19.2 Å². The molecule has 0 unspecified atom stereocenters. The number of rotatable bonds is 6. The SMILES string of the molecule is CC(=O)OC[C@H]1O[C@@H](N2C=CC=C(C(N)=O)C2)[C@H](OC(C)=O)[C@@H]1OC(C)=O. The van der Waals surface area contributed by atoms with E-state index < -0.39 is 48.4 Å². The molecule has 0 aromatic rings. The molecule has 1 fully saturated rings. The summed E-state index contributed by atoms with van der Waals surface area (Å²) < 4.78 is 21.4. The topological polar surface area (TPSA) is 134 Å². The van der Waals surface area contributed by atoms with E-state index >= 15 is 0 Å². The number of primary amides is 1. The fourth-order valence-corrected chi connectivity index (χ4v) is 2.87. The van der Waals surface area contributed by atoms with Gasteiger partial charge in [0.2, 0.25) is 5.91 Å². The third kappa shape index (κ3) is 5.30. The zero-order chi connectivity index (χ0) is 20.1. The summed E-state index contributed by atoms with van der Waals surface area (Å²) in [4.78, 5) is 47.3. The molecule has 0 aromatic heterocycles. The van der Waals surface area contributed by atoms with Gasteiger partial charge in [0.1, 0.15) is 12.7 Å². The lowest BCUT2D eigenvalue weighted by molar-refractivity contribution is -0.167. The molecule has 1 saturated heterocycles. The van der Waals surface area contributed by atoms with E-state index in [4.69, 9.17) is 24.7 Å². The number of hydrogen-bond donors (Lipinski definition) is 1. The zero-order valence-electron chi connectivity index (χ0n) is 15.2. The van der Waals surface area contributed by atoms with Crippen molar-refractivity contribution in [2.75, 3.05) is 13.2 Å². The molecule has 2 rings (SSSR count). The molecule has 2 heterocycles. The number of nitrogens with zero attached hydrogens (tertiary/aromatic N) is 1. The molecule has 2 N–H and O–H groups in total. The predicted octanol–water partition coefficient (Wildman–Crippen LogP) is -0.621. The number of amides is 1. The van der Waals surface area contributed by atoms with E-state index in [0.717, 1.165) is 0 Å². The smallest absolute Gasteiger partial charge is 0.303 e. The predicted molar refractivity (Wildman–Crippen MR) is 89.5 cm³/mol. The van der Waals surface area contributed by atoms with Crippen LogP contribution >= 0.6 is 0 Å². The minimum Gasteiger partial charge on any atom is -0.463 e. The second kappa shape index (κ2) is 8.67. The van der Waals surface area contributed by atoms with Crippen molar-refractivity contribution in [1.29, 1.82) is 0 Å². The van der Waals surface area contributed by atoms with Crippen molar-refractivity contribution in [3.8, 4) is 0 Å². The van der Waals surface area contributed by atoms with Gasteiger partial charge in [-0.1, -0.05) is 6.08 Å². The van der Waals surface area contributed by atoms with Crippen LogP contribution in [0.2, 0.25) is 0 Å². The molecule has 0 aromatic carbocycles. The first kappa shape index (κ1) is 20.4. The van der Waals surface area contributed by atoms with Gasteiger partial charge in [-0.3, -0.25) is 19.2 Å². The highest BCUT2D eigenvalue weighted by Gasteiger charge is 2.51. The Kier molecular flexibility index (Phi) is 6.56. The number of esters is 3. The van der Waals surface area contributed by atoms with E-state index in [0.29, 0.717) is 5.57 Å². The third-order valence-corrected chi connectivity index (χ3v) is 3.91. The maximum atomic E-state index is 11.6. The summed E-state index contributed by atoms with van der Waals surface area (Å²) in [6.45, 7) is 3.56. The largest absolute Gasteiger partial charge is 0.463 e. The van der Waals surface area contributed by atoms with E-state index in [1.807, 2.05) is 0 Å². The van der Waals surface area contributed by atoms with Crippen LogP contribution in [0.4, 0.5) is 0 Å². The van der Waals surface area contributed by atoms with Crippen molar-refractivity contribution in [1.82, 2.24) is 4.90 Å². The first-order chi connectivity index (χ1) is 12.7. The third-order valence-electron chi connectivity index (χ3n) is 3.91. The van der Waals surface area contributed by atoms with Crippen LogP contribution in [0, 0.1) is 0 Å². The molecular weight excluding hydrogens is 360 g/mol. The maximum Gasteiger partial charge on any atom is 0.303 e. The van der Waals surface area contributed by atoms with Crippen molar-refractivity contribution in [2.24, 2.45) is 5.73 Å². The lowest BCUT2D eigenvalue weighted by atomic mass is 10.1. The summed E-state index contributed by atoms with van der Waals surface area (Å²) in [5, 5.41) is 0. The van der Waals surface area contributed by atoms with Gasteiger partial charge in [-0.05, 0) is 6.08 Å². The fourth-order valence-electron chi connectivity index (χ4n) is 2.87. The minimum absolute atomic E-state index is 0.112. The van der Waals surface area contributed by atoms with Crippen LogP contribution in [0.15, 0.2) is 23.9 Å². The molecule has 0 radical (unpaired) electrons. The van der Waals surface area contributed by atoms with Gasteiger partial charge in [0.25, 0.3) is 0 Å². The summed E-state index contributed by atoms with van der Waals surface area (Å²) in [5.41, 5.74) is 5.65. The van der Waals surface area contributed by atoms with Crippen molar-refractivity contribution in [3.63, 3.8) is 0 Å². The number of carbonyl (C=O) groups is 4. The standard InChI is InChI=1S/C17H22N2O8/c1-9(20)24-8-13-14(25-10(2)21)15(26-11(3)22)17(27-13)19-6-4-5-12(7-19)16(18)23/h4-6,13-15,17H,7-8H2,1-3H3,(H2,18,23)/t13-,14-,15-,17-/m1/s1. The molecule has 1 amide bonds. The normalized spacial score (nSPS) is 26.9. The second-order valence-corrected chi connectivity index (χ2v) is 6.09. The molecule has 2 aliphatic heterocycles. The monoisotopic (exact) mass is 382 g/mol. The van der Waals surface area contributed by atoms with Gasteiger partial charge in [0.15, 0.2) is 18.4 Å². The Labute approximate surface area is 155 Å². The Hall–Kier alpha value is -2.88. The Morgan fingerprint density at radius 3 is 2.30 bits per heavy atom. The summed E-state index contributed by atoms with van der Waals surface area (Å²) in [7, 11) is 0. The van der Waals surface area contributed by atoms with Crippen LogP contribution in [-0.2, 0) is 38.1 Å². The van der Waals surface area contributed by atoms with Gasteiger partial charge in [-0.2, -0.15) is 0 Å². The van der Waals surface area contributed by atoms with E-state index in [1.54, 1.807) is 23.3 Å². The highest BCUT2D eigenvalue weighted by molar-refractivity contribution is 5.92. The van der Waals surface area contributed by atoms with Gasteiger partial charge in [-0.25, -0.2) is 0 Å². The van der Waals surface area contributed by atoms with Crippen LogP contribution in [0.5, 0.6) is 0 Å². The van der Waals surface area contributed by atoms with Gasteiger partial charge < -0.3 is 29.6 Å². The number of nitrogens with two attached hydrogens (primary N) is 1. The Bertz CT molecular complexity index is 686. The molecule has 0 bridgehead atoms. The average molecular weight is 382 g/mol. The highest BCUT2D eigenvalue weighted by Crippen LogP contribution is 2.31. The summed E-state index contributed by atoms with van der Waals surface area (Å²) in [5.74, 6) is -2.35. The van der Waals surface area contributed by atoms with E-state index in [2.05, 4.69) is 0 Å². The minimum atomic E-state index is -0.996. The number of carbonyl (C=O) groups excluding carboxylic acids is 4. The van der Waals surface area contributed by atoms with Crippen molar-refractivity contribution < 1.29 is 38.1 Å². The average Bonchev–Trinajstić information content (AvgIpc) is 2.89. The fraction of sp³-hybridized carbons (Fsp3) is 0.529. The quantitative estimate of drug-likeness (QED) is 0.471. The summed E-state index contributed by atoms with van der Waals surface area (Å²) in [6.07, 6.45) is 1.07. The van der Waals surface area contributed by atoms with Crippen LogP contribution in [0.1, 0.15) is 20.8 Å². The molecule has 10 nitrogen and oxygen atoms in total. The first-order valence-electron chi connectivity index (χ1n) is 8.25. The van der Waals surface area contributed by atoms with E-state index in [1.165, 1.54) is 20.8 Å². The lowest BCUT2D eigenvalue weighted by Gasteiger charge is -2.32. The second-order valence-electron chi connectivity index (χ2n) is 6.09. The number of allylic oxidation sites excluding steroid dienone is 2. The Balaban J connectivity index is 2.27. The molecule has 0 aliphatic carbocycles. The Morgan fingerprint density at radius 2 is 1.74 bits per heavy atom. The van der Waals surface area contributed by atoms with Crippen LogP contribution < -0.4 is 5.73 Å². The van der Waals surface area contributed by atoms with Crippen molar-refractivity contribution in [2.45, 2.75) is 45.3 Å². The zero-order valence-corrected chi connectivity index (χ0v) is 15.2. The van der Waals surface area contributed by atoms with Gasteiger partial charge in [0, 0.05) is 32.5 Å². The molecule has 27 heavy (non-hydrogen) atoms. The highest BCUT2D eigenvalue weighted by atomic mass is 16.7. The molecule has 4 atom stereocenters. The van der Waals surface area contributed by atoms with Crippen LogP contribution in [0.25, 0.3) is 0 Å². The molecular formula is C17H22N2O8. The van der Waals surface area contributed by atoms with Gasteiger partial charge >= 0.3 is 17.9 Å².